The second kappa shape index (κ2) is 38.2. The summed E-state index contributed by atoms with van der Waals surface area (Å²) in [6, 6.07) is 0. The summed E-state index contributed by atoms with van der Waals surface area (Å²) in [5.41, 5.74) is 0. The van der Waals surface area contributed by atoms with E-state index in [1.54, 1.807) is 12.2 Å². The number of unbranched alkanes of at least 4 members (excludes halogenated alkanes) is 16. The van der Waals surface area contributed by atoms with Crippen molar-refractivity contribution in [1.82, 2.24) is 0 Å². The van der Waals surface area contributed by atoms with E-state index in [0.717, 1.165) is 50.9 Å². The molecule has 9 atom stereocenters. The Labute approximate surface area is 395 Å². The van der Waals surface area contributed by atoms with Crippen LogP contribution in [-0.4, -0.2) is 110 Å². The number of ether oxygens (including phenoxy) is 3. The molecule has 388 valence electrons. The van der Waals surface area contributed by atoms with Crippen LogP contribution in [0.1, 0.15) is 188 Å². The monoisotopic (exact) mass is 987 g/mol. The molecule has 1 aliphatic heterocycles. The van der Waals surface area contributed by atoms with Gasteiger partial charge in [0.05, 0.1) is 38.1 Å². The minimum absolute atomic E-state index is 0.0569. The number of hydrogen-bond acceptors (Lipinski definition) is 14. The Morgan fingerprint density at radius 1 is 0.697 bits per heavy atom. The smallest absolute Gasteiger partial charge is 0.462 e. The molecule has 17 nitrogen and oxygen atoms in total. The van der Waals surface area contributed by atoms with Gasteiger partial charge in [-0.15, -0.1) is 0 Å². The molecule has 0 saturated carbocycles. The number of aliphatic hydroxyl groups is 4. The predicted molar refractivity (Wildman–Crippen MR) is 252 cm³/mol. The van der Waals surface area contributed by atoms with Crippen molar-refractivity contribution in [1.29, 1.82) is 0 Å². The summed E-state index contributed by atoms with van der Waals surface area (Å²) in [6.45, 7) is 3.73. The van der Waals surface area contributed by atoms with Crippen LogP contribution in [0.25, 0.3) is 0 Å². The van der Waals surface area contributed by atoms with Crippen LogP contribution in [-0.2, 0) is 46.5 Å². The van der Waals surface area contributed by atoms with Crippen LogP contribution in [0.15, 0.2) is 24.3 Å². The van der Waals surface area contributed by atoms with Crippen molar-refractivity contribution in [2.75, 3.05) is 26.4 Å². The van der Waals surface area contributed by atoms with Crippen LogP contribution >= 0.6 is 15.6 Å². The van der Waals surface area contributed by atoms with Gasteiger partial charge in [-0.2, -0.15) is 0 Å². The van der Waals surface area contributed by atoms with Gasteiger partial charge in [-0.05, 0) is 38.0 Å². The highest BCUT2D eigenvalue weighted by molar-refractivity contribution is 7.47. The molecule has 0 spiro atoms. The SMILES string of the molecule is CCCCC[C@H](O)/C=C/[C@H]1OC(O)C[C@H](O)[C@@H]1C/C=C\CCCC(=O)O[C@H](COC(=O)CCCCCCCCCCCCCCCCC(C)CC)COP(=O)(O)OC[C@@H](O)COP(=O)(O)O. The predicted octanol–water partition coefficient (Wildman–Crippen LogP) is 9.03. The summed E-state index contributed by atoms with van der Waals surface area (Å²) in [6.07, 6.45) is 24.9. The fourth-order valence-electron chi connectivity index (χ4n) is 7.42. The standard InChI is InChI=1S/C47H88O17P2/c1-4-6-21-27-39(48)31-32-44-42(43(50)33-47(53)64-44)28-23-19-20-25-30-46(52)63-41(37-62-66(57,58)61-35-40(49)34-60-65(54,55)56)36-59-45(51)29-24-18-16-14-12-10-8-7-9-11-13-15-17-22-26-38(3)5-2/h19,23,31-32,38-44,47-50,53H,4-18,20-22,24-30,33-37H2,1-3H3,(H,57,58)(H2,54,55,56)/b23-19-,32-31+/t38?,39-,40-,41+,42-,43-,44+,47?/m0/s1. The number of hydrogen-bond donors (Lipinski definition) is 7. The number of allylic oxidation sites excluding steroid dienone is 2. The lowest BCUT2D eigenvalue weighted by Gasteiger charge is -2.36. The first-order valence-corrected chi connectivity index (χ1v) is 27.8. The molecule has 0 aromatic heterocycles. The molecule has 0 amide bonds. The number of rotatable bonds is 42. The molecule has 1 aliphatic rings. The van der Waals surface area contributed by atoms with E-state index in [2.05, 4.69) is 29.8 Å². The van der Waals surface area contributed by atoms with Crippen LogP contribution in [0.5, 0.6) is 0 Å². The fourth-order valence-corrected chi connectivity index (χ4v) is 8.58. The Hall–Kier alpha value is -1.56. The number of esters is 2. The third-order valence-electron chi connectivity index (χ3n) is 11.7. The largest absolute Gasteiger partial charge is 0.472 e. The van der Waals surface area contributed by atoms with Crippen LogP contribution in [0.2, 0.25) is 0 Å². The maximum absolute atomic E-state index is 12.8. The first-order chi connectivity index (χ1) is 31.4. The lowest BCUT2D eigenvalue weighted by molar-refractivity contribution is -0.199. The van der Waals surface area contributed by atoms with E-state index in [1.807, 2.05) is 12.2 Å². The van der Waals surface area contributed by atoms with Gasteiger partial charge in [-0.1, -0.05) is 161 Å². The van der Waals surface area contributed by atoms with Crippen LogP contribution in [0, 0.1) is 11.8 Å². The maximum Gasteiger partial charge on any atom is 0.472 e. The zero-order valence-electron chi connectivity index (χ0n) is 40.2. The number of phosphoric ester groups is 2. The molecule has 0 aromatic rings. The summed E-state index contributed by atoms with van der Waals surface area (Å²) >= 11 is 0. The molecule has 0 radical (unpaired) electrons. The molecule has 0 aromatic carbocycles. The molecular weight excluding hydrogens is 898 g/mol. The zero-order valence-corrected chi connectivity index (χ0v) is 42.0. The Balaban J connectivity index is 2.54. The van der Waals surface area contributed by atoms with E-state index in [9.17, 15) is 44.0 Å². The Kier molecular flexibility index (Phi) is 36.2. The van der Waals surface area contributed by atoms with Crippen molar-refractivity contribution >= 4 is 27.6 Å². The molecule has 7 N–H and O–H groups in total. The first kappa shape index (κ1) is 62.5. The number of aliphatic hydroxyl groups excluding tert-OH is 4. The quantitative estimate of drug-likeness (QED) is 0.0130. The topological polar surface area (TPSA) is 265 Å². The van der Waals surface area contributed by atoms with E-state index in [-0.39, 0.29) is 25.2 Å². The van der Waals surface area contributed by atoms with Crippen molar-refractivity contribution in [2.24, 2.45) is 11.8 Å². The van der Waals surface area contributed by atoms with E-state index >= 15 is 0 Å². The van der Waals surface area contributed by atoms with Crippen molar-refractivity contribution in [3.8, 4) is 0 Å². The van der Waals surface area contributed by atoms with Gasteiger partial charge in [0.25, 0.3) is 0 Å². The molecule has 1 heterocycles. The Morgan fingerprint density at radius 2 is 1.26 bits per heavy atom. The van der Waals surface area contributed by atoms with Gasteiger partial charge < -0.3 is 49.3 Å². The van der Waals surface area contributed by atoms with E-state index in [1.165, 1.54) is 70.6 Å². The van der Waals surface area contributed by atoms with Crippen molar-refractivity contribution < 1.29 is 81.6 Å². The third kappa shape index (κ3) is 35.5. The van der Waals surface area contributed by atoms with Crippen LogP contribution < -0.4 is 0 Å². The van der Waals surface area contributed by atoms with E-state index in [0.29, 0.717) is 32.1 Å². The summed E-state index contributed by atoms with van der Waals surface area (Å²) in [4.78, 5) is 53.1. The van der Waals surface area contributed by atoms with Gasteiger partial charge in [0.15, 0.2) is 12.4 Å². The molecule has 1 rings (SSSR count). The normalized spacial score (nSPS) is 20.9. The minimum Gasteiger partial charge on any atom is -0.462 e. The Bertz CT molecular complexity index is 1390. The van der Waals surface area contributed by atoms with Gasteiger partial charge in [0.1, 0.15) is 12.7 Å². The molecule has 0 aliphatic carbocycles. The fraction of sp³-hybridized carbons (Fsp3) is 0.872. The van der Waals surface area contributed by atoms with Gasteiger partial charge in [0.2, 0.25) is 0 Å². The van der Waals surface area contributed by atoms with Crippen molar-refractivity contribution in [2.45, 2.75) is 225 Å². The molecule has 1 saturated heterocycles. The molecule has 3 unspecified atom stereocenters. The van der Waals surface area contributed by atoms with Crippen molar-refractivity contribution in [3.63, 3.8) is 0 Å². The molecule has 0 bridgehead atoms. The lowest BCUT2D eigenvalue weighted by Crippen LogP contribution is -2.43. The van der Waals surface area contributed by atoms with Gasteiger partial charge in [-0.25, -0.2) is 9.13 Å². The van der Waals surface area contributed by atoms with Gasteiger partial charge >= 0.3 is 27.6 Å². The molecule has 19 heteroatoms. The number of carbonyl (C=O) groups is 2. The highest BCUT2D eigenvalue weighted by Gasteiger charge is 2.35. The van der Waals surface area contributed by atoms with Gasteiger partial charge in [-0.3, -0.25) is 23.2 Å². The molecule has 1 fully saturated rings. The van der Waals surface area contributed by atoms with E-state index < -0.39 is 90.8 Å². The summed E-state index contributed by atoms with van der Waals surface area (Å²) in [5.74, 6) is -0.738. The molecular formula is C47H88O17P2. The molecule has 66 heavy (non-hydrogen) atoms. The lowest BCUT2D eigenvalue weighted by atomic mass is 9.87. The first-order valence-electron chi connectivity index (χ1n) is 24.8. The third-order valence-corrected chi connectivity index (χ3v) is 13.1. The van der Waals surface area contributed by atoms with Crippen LogP contribution in [0.4, 0.5) is 0 Å². The number of carbonyl (C=O) groups excluding carboxylic acids is 2. The summed E-state index contributed by atoms with van der Waals surface area (Å²) < 4.78 is 53.6. The Morgan fingerprint density at radius 3 is 1.86 bits per heavy atom. The number of phosphoric acid groups is 2. The summed E-state index contributed by atoms with van der Waals surface area (Å²) in [7, 11) is -9.79. The summed E-state index contributed by atoms with van der Waals surface area (Å²) in [5, 5.41) is 40.8. The minimum atomic E-state index is -4.90. The highest BCUT2D eigenvalue weighted by atomic mass is 31.2. The average molecular weight is 987 g/mol. The zero-order chi connectivity index (χ0) is 49.1. The van der Waals surface area contributed by atoms with Gasteiger partial charge in [0, 0.05) is 25.2 Å². The average Bonchev–Trinajstić information content (AvgIpc) is 3.26. The second-order valence-corrected chi connectivity index (χ2v) is 20.6. The highest BCUT2D eigenvalue weighted by Crippen LogP contribution is 2.44. The second-order valence-electron chi connectivity index (χ2n) is 17.9. The van der Waals surface area contributed by atoms with Crippen LogP contribution in [0.3, 0.4) is 0 Å². The van der Waals surface area contributed by atoms with Crippen molar-refractivity contribution in [3.05, 3.63) is 24.3 Å². The maximum atomic E-state index is 12.8. The van der Waals surface area contributed by atoms with E-state index in [4.69, 9.17) is 28.5 Å².